The fourth-order valence-electron chi connectivity index (χ4n) is 0.670. The zero-order chi connectivity index (χ0) is 9.19. The van der Waals surface area contributed by atoms with Crippen LogP contribution in [-0.4, -0.2) is 13.0 Å². The van der Waals surface area contributed by atoms with E-state index in [2.05, 4.69) is 4.18 Å². The maximum Gasteiger partial charge on any atom is 0.446 e. The van der Waals surface area contributed by atoms with E-state index in [-0.39, 0.29) is 11.4 Å². The van der Waals surface area contributed by atoms with Crippen molar-refractivity contribution < 1.29 is 17.2 Å². The van der Waals surface area contributed by atoms with E-state index in [1.807, 2.05) is 0 Å². The van der Waals surface area contributed by atoms with Gasteiger partial charge in [0.05, 0.1) is 5.69 Å². The van der Waals surface area contributed by atoms with Crippen LogP contribution in [0.3, 0.4) is 0 Å². The molecule has 0 saturated carbocycles. The van der Waals surface area contributed by atoms with Gasteiger partial charge in [-0.25, -0.2) is 0 Å². The van der Waals surface area contributed by atoms with E-state index >= 15 is 0 Å². The van der Waals surface area contributed by atoms with Gasteiger partial charge in [-0.1, -0.05) is 12.1 Å². The van der Waals surface area contributed by atoms with Crippen LogP contribution in [0.15, 0.2) is 24.3 Å². The lowest BCUT2D eigenvalue weighted by Crippen LogP contribution is -2.07. The summed E-state index contributed by atoms with van der Waals surface area (Å²) in [7, 11) is -4.48. The fraction of sp³-hybridized carbons (Fsp3) is 0. The molecule has 0 radical (unpaired) electrons. The van der Waals surface area contributed by atoms with E-state index in [0.717, 1.165) is 0 Å². The number of anilines is 1. The number of para-hydroxylation sites is 2. The average molecular weight is 189 g/mol. The van der Waals surface area contributed by atoms with Crippen molar-refractivity contribution in [2.45, 2.75) is 0 Å². The molecule has 0 aromatic heterocycles. The van der Waals surface area contributed by atoms with Crippen LogP contribution in [0, 0.1) is 0 Å². The highest BCUT2D eigenvalue weighted by Gasteiger charge is 2.08. The first-order valence-corrected chi connectivity index (χ1v) is 4.37. The Hall–Kier alpha value is -1.27. The summed E-state index contributed by atoms with van der Waals surface area (Å²) in [6, 6.07) is 5.95. The van der Waals surface area contributed by atoms with E-state index in [9.17, 15) is 8.42 Å². The molecule has 0 heterocycles. The fourth-order valence-corrected chi connectivity index (χ4v) is 1.05. The lowest BCUT2D eigenvalue weighted by atomic mass is 10.3. The topological polar surface area (TPSA) is 89.6 Å². The molecule has 0 bridgehead atoms. The van der Waals surface area contributed by atoms with Gasteiger partial charge < -0.3 is 9.92 Å². The zero-order valence-electron chi connectivity index (χ0n) is 5.97. The van der Waals surface area contributed by atoms with Crippen LogP contribution in [0.5, 0.6) is 5.75 Å². The van der Waals surface area contributed by atoms with Crippen LogP contribution in [0.25, 0.3) is 0 Å². The van der Waals surface area contributed by atoms with Gasteiger partial charge in [0.15, 0.2) is 5.75 Å². The van der Waals surface area contributed by atoms with Gasteiger partial charge in [-0.2, -0.15) is 8.42 Å². The van der Waals surface area contributed by atoms with Crippen molar-refractivity contribution in [3.63, 3.8) is 0 Å². The van der Waals surface area contributed by atoms with Crippen LogP contribution in [0.4, 0.5) is 5.69 Å². The molecule has 0 aliphatic carbocycles. The van der Waals surface area contributed by atoms with Gasteiger partial charge in [-0.15, -0.1) is 0 Å². The summed E-state index contributed by atoms with van der Waals surface area (Å²) in [6.45, 7) is 0. The molecular weight excluding hydrogens is 182 g/mol. The van der Waals surface area contributed by atoms with E-state index in [0.29, 0.717) is 0 Å². The molecular formula is C6H7NO4S. The number of nitrogens with two attached hydrogens (primary N) is 1. The van der Waals surface area contributed by atoms with Gasteiger partial charge in [0.25, 0.3) is 0 Å². The Balaban J connectivity index is 2.98. The number of rotatable bonds is 2. The summed E-state index contributed by atoms with van der Waals surface area (Å²) in [5.74, 6) is -0.0833. The highest BCUT2D eigenvalue weighted by atomic mass is 32.3. The predicted octanol–water partition coefficient (Wildman–Crippen LogP) is 0.450. The van der Waals surface area contributed by atoms with Crippen molar-refractivity contribution in [3.8, 4) is 5.75 Å². The molecule has 0 amide bonds. The van der Waals surface area contributed by atoms with E-state index in [1.165, 1.54) is 18.2 Å². The second kappa shape index (κ2) is 3.00. The van der Waals surface area contributed by atoms with Gasteiger partial charge in [0.2, 0.25) is 0 Å². The Morgan fingerprint density at radius 2 is 1.92 bits per heavy atom. The SMILES string of the molecule is Nc1ccccc1OS(=O)(=O)O. The molecule has 1 aromatic carbocycles. The largest absolute Gasteiger partial charge is 0.446 e. The maximum absolute atomic E-state index is 10.2. The molecule has 0 aliphatic heterocycles. The summed E-state index contributed by atoms with van der Waals surface area (Å²) >= 11 is 0. The van der Waals surface area contributed by atoms with E-state index in [4.69, 9.17) is 10.3 Å². The minimum absolute atomic E-state index is 0.0833. The van der Waals surface area contributed by atoms with Crippen molar-refractivity contribution in [1.82, 2.24) is 0 Å². The van der Waals surface area contributed by atoms with Crippen LogP contribution in [0.2, 0.25) is 0 Å². The molecule has 1 rings (SSSR count). The van der Waals surface area contributed by atoms with Gasteiger partial charge >= 0.3 is 10.4 Å². The monoisotopic (exact) mass is 189 g/mol. The minimum Gasteiger partial charge on any atom is -0.396 e. The standard InChI is InChI=1S/C6H7NO4S/c7-5-3-1-2-4-6(5)11-12(8,9)10/h1-4H,7H2,(H,8,9,10). The molecule has 0 spiro atoms. The Kier molecular flexibility index (Phi) is 2.20. The number of nitrogen functional groups attached to an aromatic ring is 1. The molecule has 0 atom stereocenters. The van der Waals surface area contributed by atoms with Crippen LogP contribution >= 0.6 is 0 Å². The second-order valence-electron chi connectivity index (χ2n) is 2.05. The smallest absolute Gasteiger partial charge is 0.396 e. The molecule has 1 aromatic rings. The van der Waals surface area contributed by atoms with Crippen molar-refractivity contribution in [2.75, 3.05) is 5.73 Å². The summed E-state index contributed by atoms with van der Waals surface area (Å²) in [5, 5.41) is 0. The van der Waals surface area contributed by atoms with Crippen molar-refractivity contribution in [3.05, 3.63) is 24.3 Å². The first-order valence-electron chi connectivity index (χ1n) is 3.00. The number of hydrogen-bond donors (Lipinski definition) is 2. The third-order valence-corrected chi connectivity index (χ3v) is 1.50. The molecule has 5 nitrogen and oxygen atoms in total. The molecule has 6 heteroatoms. The predicted molar refractivity (Wildman–Crippen MR) is 43.0 cm³/mol. The van der Waals surface area contributed by atoms with Crippen molar-refractivity contribution >= 4 is 16.1 Å². The highest BCUT2D eigenvalue weighted by molar-refractivity contribution is 7.81. The van der Waals surface area contributed by atoms with Gasteiger partial charge in [-0.3, -0.25) is 4.55 Å². The molecule has 0 saturated heterocycles. The molecule has 12 heavy (non-hydrogen) atoms. The first kappa shape index (κ1) is 8.82. The number of hydrogen-bond acceptors (Lipinski definition) is 4. The maximum atomic E-state index is 10.2. The molecule has 3 N–H and O–H groups in total. The Labute approximate surface area is 69.7 Å². The highest BCUT2D eigenvalue weighted by Crippen LogP contribution is 2.20. The summed E-state index contributed by atoms with van der Waals surface area (Å²) in [4.78, 5) is 0. The Morgan fingerprint density at radius 3 is 2.42 bits per heavy atom. The Bertz CT molecular complexity index is 373. The van der Waals surface area contributed by atoms with E-state index < -0.39 is 10.4 Å². The third kappa shape index (κ3) is 2.40. The lowest BCUT2D eigenvalue weighted by molar-refractivity contribution is 0.387. The molecule has 0 aliphatic rings. The molecule has 0 unspecified atom stereocenters. The first-order chi connectivity index (χ1) is 5.49. The zero-order valence-corrected chi connectivity index (χ0v) is 6.78. The lowest BCUT2D eigenvalue weighted by Gasteiger charge is -2.02. The van der Waals surface area contributed by atoms with Crippen molar-refractivity contribution in [2.24, 2.45) is 0 Å². The quantitative estimate of drug-likeness (QED) is 0.520. The van der Waals surface area contributed by atoms with Gasteiger partial charge in [-0.05, 0) is 12.1 Å². The summed E-state index contributed by atoms with van der Waals surface area (Å²) in [6.07, 6.45) is 0. The third-order valence-electron chi connectivity index (χ3n) is 1.11. The normalized spacial score (nSPS) is 11.1. The molecule has 0 fully saturated rings. The van der Waals surface area contributed by atoms with Crippen LogP contribution < -0.4 is 9.92 Å². The number of benzene rings is 1. The Morgan fingerprint density at radius 1 is 1.33 bits per heavy atom. The van der Waals surface area contributed by atoms with E-state index in [1.54, 1.807) is 6.07 Å². The summed E-state index contributed by atoms with van der Waals surface area (Å²) in [5.41, 5.74) is 5.48. The second-order valence-corrected chi connectivity index (χ2v) is 3.07. The molecule has 66 valence electrons. The summed E-state index contributed by atoms with van der Waals surface area (Å²) < 4.78 is 32.9. The van der Waals surface area contributed by atoms with Gasteiger partial charge in [0, 0.05) is 0 Å². The minimum atomic E-state index is -4.48. The average Bonchev–Trinajstić information content (AvgIpc) is 1.91. The van der Waals surface area contributed by atoms with Crippen LogP contribution in [0.1, 0.15) is 0 Å². The van der Waals surface area contributed by atoms with Crippen molar-refractivity contribution in [1.29, 1.82) is 0 Å². The van der Waals surface area contributed by atoms with Crippen LogP contribution in [-0.2, 0) is 10.4 Å². The van der Waals surface area contributed by atoms with Gasteiger partial charge in [0.1, 0.15) is 0 Å².